The van der Waals surface area contributed by atoms with Gasteiger partial charge in [-0.25, -0.2) is 4.98 Å². The van der Waals surface area contributed by atoms with E-state index in [9.17, 15) is 9.59 Å². The quantitative estimate of drug-likeness (QED) is 0.859. The maximum atomic E-state index is 12.8. The number of nitrogens with one attached hydrogen (secondary N) is 1. The highest BCUT2D eigenvalue weighted by molar-refractivity contribution is 7.09. The first-order valence-electron chi connectivity index (χ1n) is 10.3. The number of piperidine rings is 1. The molecule has 1 amide bonds. The number of likely N-dealkylation sites (tertiary alicyclic amines) is 1. The average Bonchev–Trinajstić information content (AvgIpc) is 3.44. The molecule has 1 saturated carbocycles. The third-order valence-electron chi connectivity index (χ3n) is 6.18. The molecule has 0 radical (unpaired) electrons. The van der Waals surface area contributed by atoms with Gasteiger partial charge in [0.1, 0.15) is 5.82 Å². The van der Waals surface area contributed by atoms with E-state index in [0.717, 1.165) is 56.8 Å². The Bertz CT molecular complexity index is 919. The normalized spacial score (nSPS) is 22.9. The van der Waals surface area contributed by atoms with Crippen LogP contribution in [-0.4, -0.2) is 45.3 Å². The Balaban J connectivity index is 1.32. The molecule has 7 heteroatoms. The van der Waals surface area contributed by atoms with Crippen molar-refractivity contribution in [2.24, 2.45) is 5.92 Å². The first-order chi connectivity index (χ1) is 13.7. The lowest BCUT2D eigenvalue weighted by molar-refractivity contribution is -0.133. The van der Waals surface area contributed by atoms with Crippen LogP contribution in [0.15, 0.2) is 22.3 Å². The van der Waals surface area contributed by atoms with Gasteiger partial charge < -0.3 is 9.88 Å². The minimum atomic E-state index is -0.0522. The zero-order valence-corrected chi connectivity index (χ0v) is 16.8. The fraction of sp³-hybridized carbons (Fsp3) is 0.571. The SMILES string of the molecule is O=C(C1CC1)N1CCc2nc(C3CCCN(Cc4cccs4)C3)[nH]c(=O)c2C1. The van der Waals surface area contributed by atoms with Crippen molar-refractivity contribution in [3.8, 4) is 0 Å². The summed E-state index contributed by atoms with van der Waals surface area (Å²) in [6.07, 6.45) is 4.88. The van der Waals surface area contributed by atoms with E-state index in [0.29, 0.717) is 25.1 Å². The number of aromatic nitrogens is 2. The molecule has 2 fully saturated rings. The van der Waals surface area contributed by atoms with Crippen LogP contribution in [0.25, 0.3) is 0 Å². The number of amides is 1. The molecule has 1 unspecified atom stereocenters. The van der Waals surface area contributed by atoms with E-state index >= 15 is 0 Å². The number of hydrogen-bond donors (Lipinski definition) is 1. The van der Waals surface area contributed by atoms with Crippen molar-refractivity contribution in [3.05, 3.63) is 49.8 Å². The first-order valence-corrected chi connectivity index (χ1v) is 11.2. The van der Waals surface area contributed by atoms with Crippen molar-refractivity contribution in [3.63, 3.8) is 0 Å². The number of thiophene rings is 1. The second-order valence-electron chi connectivity index (χ2n) is 8.31. The fourth-order valence-electron chi connectivity index (χ4n) is 4.46. The summed E-state index contributed by atoms with van der Waals surface area (Å²) in [5.74, 6) is 1.52. The van der Waals surface area contributed by atoms with Crippen LogP contribution in [0, 0.1) is 5.92 Å². The predicted octanol–water partition coefficient (Wildman–Crippen LogP) is 2.51. The number of carbonyl (C=O) groups is 1. The molecule has 0 aromatic carbocycles. The van der Waals surface area contributed by atoms with Crippen LogP contribution in [0.1, 0.15) is 53.6 Å². The molecule has 0 bridgehead atoms. The maximum Gasteiger partial charge on any atom is 0.256 e. The van der Waals surface area contributed by atoms with E-state index < -0.39 is 0 Å². The number of hydrogen-bond acceptors (Lipinski definition) is 5. The molecule has 1 atom stereocenters. The molecule has 1 saturated heterocycles. The highest BCUT2D eigenvalue weighted by Gasteiger charge is 2.35. The largest absolute Gasteiger partial charge is 0.337 e. The summed E-state index contributed by atoms with van der Waals surface area (Å²) in [6, 6.07) is 4.28. The molecule has 4 heterocycles. The van der Waals surface area contributed by atoms with Gasteiger partial charge in [-0.3, -0.25) is 14.5 Å². The van der Waals surface area contributed by atoms with Gasteiger partial charge in [0.05, 0.1) is 17.8 Å². The highest BCUT2D eigenvalue weighted by atomic mass is 32.1. The second kappa shape index (κ2) is 7.44. The maximum absolute atomic E-state index is 12.8. The molecule has 1 N–H and O–H groups in total. The third kappa shape index (κ3) is 3.65. The number of H-pyrrole nitrogens is 1. The van der Waals surface area contributed by atoms with Gasteiger partial charge in [-0.15, -0.1) is 11.3 Å². The number of carbonyl (C=O) groups excluding carboxylic acids is 1. The molecule has 0 spiro atoms. The fourth-order valence-corrected chi connectivity index (χ4v) is 5.21. The summed E-state index contributed by atoms with van der Waals surface area (Å²) < 4.78 is 0. The molecule has 3 aliphatic rings. The summed E-state index contributed by atoms with van der Waals surface area (Å²) in [5.41, 5.74) is 1.54. The minimum absolute atomic E-state index is 0.0522. The van der Waals surface area contributed by atoms with Crippen molar-refractivity contribution in [2.75, 3.05) is 19.6 Å². The Labute approximate surface area is 168 Å². The molecule has 2 aliphatic heterocycles. The number of nitrogens with zero attached hydrogens (tertiary/aromatic N) is 3. The molecule has 148 valence electrons. The van der Waals surface area contributed by atoms with Gasteiger partial charge in [-0.05, 0) is 43.7 Å². The number of aromatic amines is 1. The third-order valence-corrected chi connectivity index (χ3v) is 7.04. The van der Waals surface area contributed by atoms with Crippen LogP contribution in [0.4, 0.5) is 0 Å². The van der Waals surface area contributed by atoms with Gasteiger partial charge in [-0.1, -0.05) is 6.07 Å². The Morgan fingerprint density at radius 3 is 2.96 bits per heavy atom. The van der Waals surface area contributed by atoms with E-state index in [1.807, 2.05) is 4.90 Å². The van der Waals surface area contributed by atoms with Crippen molar-refractivity contribution in [1.82, 2.24) is 19.8 Å². The summed E-state index contributed by atoms with van der Waals surface area (Å²) in [6.45, 7) is 4.12. The van der Waals surface area contributed by atoms with E-state index in [1.54, 1.807) is 11.3 Å². The van der Waals surface area contributed by atoms with Crippen molar-refractivity contribution in [2.45, 2.75) is 51.1 Å². The Hall–Kier alpha value is -1.99. The van der Waals surface area contributed by atoms with E-state index in [2.05, 4.69) is 27.4 Å². The number of rotatable bonds is 4. The average molecular weight is 399 g/mol. The summed E-state index contributed by atoms with van der Waals surface area (Å²) in [4.78, 5) is 38.7. The van der Waals surface area contributed by atoms with E-state index in [4.69, 9.17) is 4.98 Å². The minimum Gasteiger partial charge on any atom is -0.337 e. The van der Waals surface area contributed by atoms with Gasteiger partial charge in [0, 0.05) is 42.8 Å². The lowest BCUT2D eigenvalue weighted by atomic mass is 9.96. The van der Waals surface area contributed by atoms with E-state index in [-0.39, 0.29) is 23.3 Å². The van der Waals surface area contributed by atoms with Crippen LogP contribution in [0.2, 0.25) is 0 Å². The van der Waals surface area contributed by atoms with Crippen molar-refractivity contribution < 1.29 is 4.79 Å². The summed E-state index contributed by atoms with van der Waals surface area (Å²) in [7, 11) is 0. The Morgan fingerprint density at radius 1 is 1.29 bits per heavy atom. The van der Waals surface area contributed by atoms with Gasteiger partial charge in [-0.2, -0.15) is 0 Å². The van der Waals surface area contributed by atoms with Gasteiger partial charge in [0.25, 0.3) is 5.56 Å². The molecular weight excluding hydrogens is 372 g/mol. The Morgan fingerprint density at radius 2 is 2.18 bits per heavy atom. The molecule has 1 aliphatic carbocycles. The lowest BCUT2D eigenvalue weighted by Gasteiger charge is -2.33. The predicted molar refractivity (Wildman–Crippen MR) is 108 cm³/mol. The van der Waals surface area contributed by atoms with Crippen LogP contribution >= 0.6 is 11.3 Å². The standard InChI is InChI=1S/C21H26N4O2S/c26-20-17-13-25(21(27)14-5-6-14)9-7-18(17)22-19(23-20)15-3-1-8-24(11-15)12-16-4-2-10-28-16/h2,4,10,14-15H,1,3,5-9,11-13H2,(H,22,23,26). The zero-order valence-electron chi connectivity index (χ0n) is 16.0. The van der Waals surface area contributed by atoms with Crippen molar-refractivity contribution >= 4 is 17.2 Å². The monoisotopic (exact) mass is 398 g/mol. The van der Waals surface area contributed by atoms with Gasteiger partial charge in [0.2, 0.25) is 5.91 Å². The Kier molecular flexibility index (Phi) is 4.80. The van der Waals surface area contributed by atoms with Crippen LogP contribution in [0.3, 0.4) is 0 Å². The molecule has 5 rings (SSSR count). The topological polar surface area (TPSA) is 69.3 Å². The van der Waals surface area contributed by atoms with Gasteiger partial charge in [0.15, 0.2) is 0 Å². The molecule has 28 heavy (non-hydrogen) atoms. The summed E-state index contributed by atoms with van der Waals surface area (Å²) in [5, 5.41) is 2.12. The smallest absolute Gasteiger partial charge is 0.256 e. The van der Waals surface area contributed by atoms with Crippen molar-refractivity contribution in [1.29, 1.82) is 0 Å². The van der Waals surface area contributed by atoms with E-state index in [1.165, 1.54) is 4.88 Å². The first kappa shape index (κ1) is 18.1. The lowest BCUT2D eigenvalue weighted by Crippen LogP contribution is -2.41. The van der Waals surface area contributed by atoms with Crippen LogP contribution < -0.4 is 5.56 Å². The highest BCUT2D eigenvalue weighted by Crippen LogP contribution is 2.32. The van der Waals surface area contributed by atoms with Crippen LogP contribution in [-0.2, 0) is 24.3 Å². The van der Waals surface area contributed by atoms with Gasteiger partial charge >= 0.3 is 0 Å². The molecule has 6 nitrogen and oxygen atoms in total. The summed E-state index contributed by atoms with van der Waals surface area (Å²) >= 11 is 1.80. The second-order valence-corrected chi connectivity index (χ2v) is 9.35. The van der Waals surface area contributed by atoms with Crippen LogP contribution in [0.5, 0.6) is 0 Å². The molecule has 2 aromatic rings. The number of fused-ring (bicyclic) bond motifs is 1. The zero-order chi connectivity index (χ0) is 19.1. The molecule has 2 aromatic heterocycles. The molecular formula is C21H26N4O2S.